The topological polar surface area (TPSA) is 38.3 Å². The third kappa shape index (κ3) is 5.39. The molecule has 1 rings (SSSR count). The molecule has 1 unspecified atom stereocenters. The zero-order chi connectivity index (χ0) is 14.3. The van der Waals surface area contributed by atoms with Gasteiger partial charge in [-0.05, 0) is 37.1 Å². The van der Waals surface area contributed by atoms with Crippen LogP contribution in [-0.2, 0) is 9.53 Å². The lowest BCUT2D eigenvalue weighted by Crippen LogP contribution is -2.22. The number of hydrogen-bond donors (Lipinski definition) is 1. The summed E-state index contributed by atoms with van der Waals surface area (Å²) in [6.07, 6.45) is 2.09. The summed E-state index contributed by atoms with van der Waals surface area (Å²) in [4.78, 5) is 11.0. The van der Waals surface area contributed by atoms with Crippen LogP contribution in [0.25, 0.3) is 0 Å². The minimum absolute atomic E-state index is 0.169. The van der Waals surface area contributed by atoms with E-state index in [4.69, 9.17) is 23.2 Å². The molecule has 106 valence electrons. The molecule has 0 aromatic heterocycles. The molecule has 0 aliphatic heterocycles. The van der Waals surface area contributed by atoms with E-state index in [2.05, 4.69) is 17.0 Å². The van der Waals surface area contributed by atoms with Gasteiger partial charge in [0.1, 0.15) is 0 Å². The largest absolute Gasteiger partial charge is 0.469 e. The maximum atomic E-state index is 11.0. The minimum atomic E-state index is -0.181. The van der Waals surface area contributed by atoms with E-state index >= 15 is 0 Å². The van der Waals surface area contributed by atoms with Gasteiger partial charge in [0.05, 0.1) is 7.11 Å². The molecule has 0 bridgehead atoms. The summed E-state index contributed by atoms with van der Waals surface area (Å²) in [6, 6.07) is 5.69. The van der Waals surface area contributed by atoms with E-state index in [0.717, 1.165) is 24.9 Å². The van der Waals surface area contributed by atoms with Gasteiger partial charge in [-0.15, -0.1) is 0 Å². The third-order valence-electron chi connectivity index (χ3n) is 2.92. The Morgan fingerprint density at radius 3 is 2.74 bits per heavy atom. The van der Waals surface area contributed by atoms with E-state index in [1.807, 2.05) is 12.1 Å². The van der Waals surface area contributed by atoms with Gasteiger partial charge in [-0.25, -0.2) is 0 Å². The Morgan fingerprint density at radius 2 is 2.16 bits per heavy atom. The van der Waals surface area contributed by atoms with Gasteiger partial charge in [-0.2, -0.15) is 0 Å². The summed E-state index contributed by atoms with van der Waals surface area (Å²) in [6.45, 7) is 2.83. The second-order valence-electron chi connectivity index (χ2n) is 4.26. The standard InChI is InChI=1S/C14H19Cl2NO2/c1-3-13(17-8-4-5-14(18)19-2)11-7-6-10(15)9-12(11)16/h6-7,9,13,17H,3-5,8H2,1-2H3. The first-order valence-corrected chi connectivity index (χ1v) is 7.09. The van der Waals surface area contributed by atoms with E-state index in [-0.39, 0.29) is 12.0 Å². The summed E-state index contributed by atoms with van der Waals surface area (Å²) < 4.78 is 4.60. The van der Waals surface area contributed by atoms with Crippen LogP contribution in [0.3, 0.4) is 0 Å². The van der Waals surface area contributed by atoms with Gasteiger partial charge in [0.25, 0.3) is 0 Å². The normalized spacial score (nSPS) is 12.2. The van der Waals surface area contributed by atoms with Gasteiger partial charge in [0.15, 0.2) is 0 Å². The molecule has 3 nitrogen and oxygen atoms in total. The SMILES string of the molecule is CCC(NCCCC(=O)OC)c1ccc(Cl)cc1Cl. The van der Waals surface area contributed by atoms with Crippen LogP contribution >= 0.6 is 23.2 Å². The molecular formula is C14H19Cl2NO2. The number of carbonyl (C=O) groups excluding carboxylic acids is 1. The van der Waals surface area contributed by atoms with Crippen molar-refractivity contribution in [3.8, 4) is 0 Å². The molecular weight excluding hydrogens is 285 g/mol. The van der Waals surface area contributed by atoms with Crippen molar-refractivity contribution < 1.29 is 9.53 Å². The van der Waals surface area contributed by atoms with Crippen molar-refractivity contribution >= 4 is 29.2 Å². The van der Waals surface area contributed by atoms with Gasteiger partial charge in [0.2, 0.25) is 0 Å². The lowest BCUT2D eigenvalue weighted by atomic mass is 10.0. The van der Waals surface area contributed by atoms with E-state index in [9.17, 15) is 4.79 Å². The van der Waals surface area contributed by atoms with Crippen LogP contribution in [0.4, 0.5) is 0 Å². The summed E-state index contributed by atoms with van der Waals surface area (Å²) in [5.41, 5.74) is 1.03. The monoisotopic (exact) mass is 303 g/mol. The minimum Gasteiger partial charge on any atom is -0.469 e. The van der Waals surface area contributed by atoms with Gasteiger partial charge >= 0.3 is 5.97 Å². The number of hydrogen-bond acceptors (Lipinski definition) is 3. The molecule has 0 aliphatic rings. The second-order valence-corrected chi connectivity index (χ2v) is 5.10. The smallest absolute Gasteiger partial charge is 0.305 e. The second kappa shape index (κ2) is 8.41. The predicted molar refractivity (Wildman–Crippen MR) is 78.7 cm³/mol. The Morgan fingerprint density at radius 1 is 1.42 bits per heavy atom. The number of ether oxygens (including phenoxy) is 1. The van der Waals surface area contributed by atoms with E-state index in [0.29, 0.717) is 16.5 Å². The molecule has 1 N–H and O–H groups in total. The van der Waals surface area contributed by atoms with Crippen molar-refractivity contribution in [1.82, 2.24) is 5.32 Å². The molecule has 0 aliphatic carbocycles. The molecule has 1 aromatic rings. The highest BCUT2D eigenvalue weighted by Gasteiger charge is 2.12. The number of carbonyl (C=O) groups is 1. The highest BCUT2D eigenvalue weighted by molar-refractivity contribution is 6.35. The molecule has 0 saturated heterocycles. The highest BCUT2D eigenvalue weighted by atomic mass is 35.5. The van der Waals surface area contributed by atoms with Crippen molar-refractivity contribution in [3.05, 3.63) is 33.8 Å². The first-order valence-electron chi connectivity index (χ1n) is 6.33. The average molecular weight is 304 g/mol. The van der Waals surface area contributed by atoms with Gasteiger partial charge in [-0.1, -0.05) is 36.2 Å². The quantitative estimate of drug-likeness (QED) is 0.611. The number of methoxy groups -OCH3 is 1. The molecule has 5 heteroatoms. The van der Waals surface area contributed by atoms with Crippen LogP contribution in [0.15, 0.2) is 18.2 Å². The van der Waals surface area contributed by atoms with Crippen LogP contribution in [0, 0.1) is 0 Å². The first kappa shape index (κ1) is 16.3. The summed E-state index contributed by atoms with van der Waals surface area (Å²) >= 11 is 12.1. The maximum absolute atomic E-state index is 11.0. The highest BCUT2D eigenvalue weighted by Crippen LogP contribution is 2.27. The van der Waals surface area contributed by atoms with Gasteiger partial charge < -0.3 is 10.1 Å². The zero-order valence-corrected chi connectivity index (χ0v) is 12.7. The summed E-state index contributed by atoms with van der Waals surface area (Å²) in [5, 5.41) is 4.69. The Hall–Kier alpha value is -0.770. The molecule has 0 heterocycles. The molecule has 1 atom stereocenters. The maximum Gasteiger partial charge on any atom is 0.305 e. The van der Waals surface area contributed by atoms with E-state index < -0.39 is 0 Å². The van der Waals surface area contributed by atoms with Crippen LogP contribution in [0.1, 0.15) is 37.8 Å². The summed E-state index contributed by atoms with van der Waals surface area (Å²) in [7, 11) is 1.40. The number of nitrogens with one attached hydrogen (secondary N) is 1. The number of benzene rings is 1. The third-order valence-corrected chi connectivity index (χ3v) is 3.48. The number of esters is 1. The summed E-state index contributed by atoms with van der Waals surface area (Å²) in [5.74, 6) is -0.181. The van der Waals surface area contributed by atoms with E-state index in [1.54, 1.807) is 6.07 Å². The van der Waals surface area contributed by atoms with Crippen LogP contribution in [0.5, 0.6) is 0 Å². The van der Waals surface area contributed by atoms with Crippen LogP contribution < -0.4 is 5.32 Å². The lowest BCUT2D eigenvalue weighted by molar-refractivity contribution is -0.140. The Balaban J connectivity index is 2.51. The predicted octanol–water partition coefficient (Wildman–Crippen LogP) is 3.99. The zero-order valence-electron chi connectivity index (χ0n) is 11.2. The van der Waals surface area contributed by atoms with Crippen LogP contribution in [-0.4, -0.2) is 19.6 Å². The average Bonchev–Trinajstić information content (AvgIpc) is 2.39. The van der Waals surface area contributed by atoms with Crippen molar-refractivity contribution in [2.24, 2.45) is 0 Å². The molecule has 0 saturated carbocycles. The van der Waals surface area contributed by atoms with Gasteiger partial charge in [0, 0.05) is 22.5 Å². The fourth-order valence-electron chi connectivity index (χ4n) is 1.87. The molecule has 19 heavy (non-hydrogen) atoms. The Labute approximate surface area is 124 Å². The van der Waals surface area contributed by atoms with Crippen molar-refractivity contribution in [3.63, 3.8) is 0 Å². The fourth-order valence-corrected chi connectivity index (χ4v) is 2.41. The molecule has 1 aromatic carbocycles. The van der Waals surface area contributed by atoms with Gasteiger partial charge in [-0.3, -0.25) is 4.79 Å². The van der Waals surface area contributed by atoms with E-state index in [1.165, 1.54) is 7.11 Å². The molecule has 0 radical (unpaired) electrons. The molecule has 0 fully saturated rings. The van der Waals surface area contributed by atoms with Crippen molar-refractivity contribution in [1.29, 1.82) is 0 Å². The first-order chi connectivity index (χ1) is 9.08. The van der Waals surface area contributed by atoms with Crippen molar-refractivity contribution in [2.75, 3.05) is 13.7 Å². The molecule has 0 spiro atoms. The number of halogens is 2. The number of rotatable bonds is 7. The lowest BCUT2D eigenvalue weighted by Gasteiger charge is -2.18. The Kier molecular flexibility index (Phi) is 7.21. The Bertz CT molecular complexity index is 424. The molecule has 0 amide bonds. The fraction of sp³-hybridized carbons (Fsp3) is 0.500. The van der Waals surface area contributed by atoms with Crippen LogP contribution in [0.2, 0.25) is 10.0 Å². The van der Waals surface area contributed by atoms with Crippen molar-refractivity contribution in [2.45, 2.75) is 32.2 Å².